The van der Waals surface area contributed by atoms with Gasteiger partial charge in [0.15, 0.2) is 6.29 Å². The zero-order valence-electron chi connectivity index (χ0n) is 12.0. The lowest BCUT2D eigenvalue weighted by Crippen LogP contribution is -2.21. The molecule has 1 N–H and O–H groups in total. The number of alkyl halides is 3. The zero-order valence-corrected chi connectivity index (χ0v) is 12.7. The van der Waals surface area contributed by atoms with Gasteiger partial charge in [0.25, 0.3) is 0 Å². The number of benzene rings is 1. The van der Waals surface area contributed by atoms with Gasteiger partial charge in [0.05, 0.1) is 5.56 Å². The van der Waals surface area contributed by atoms with Crippen molar-refractivity contribution in [1.29, 1.82) is 0 Å². The van der Waals surface area contributed by atoms with E-state index in [4.69, 9.17) is 21.1 Å². The van der Waals surface area contributed by atoms with E-state index >= 15 is 0 Å². The molecule has 0 heterocycles. The molecule has 21 heavy (non-hydrogen) atoms. The summed E-state index contributed by atoms with van der Waals surface area (Å²) in [5, 5.41) is 2.81. The topological polar surface area (TPSA) is 30.5 Å². The molecule has 0 saturated carbocycles. The molecular weight excluding hydrogens is 307 g/mol. The SMILES string of the molecule is CCOC(CCNc1ccc(Cl)cc1C(F)(F)F)OCC. The molecule has 0 saturated heterocycles. The van der Waals surface area contributed by atoms with E-state index in [1.165, 1.54) is 12.1 Å². The summed E-state index contributed by atoms with van der Waals surface area (Å²) in [4.78, 5) is 0. The van der Waals surface area contributed by atoms with E-state index in [0.717, 1.165) is 6.07 Å². The van der Waals surface area contributed by atoms with E-state index < -0.39 is 18.0 Å². The summed E-state index contributed by atoms with van der Waals surface area (Å²) >= 11 is 5.62. The van der Waals surface area contributed by atoms with Crippen molar-refractivity contribution in [2.75, 3.05) is 25.1 Å². The Morgan fingerprint density at radius 1 is 1.19 bits per heavy atom. The van der Waals surface area contributed by atoms with E-state index in [9.17, 15) is 13.2 Å². The molecular formula is C14H19ClF3NO2. The van der Waals surface area contributed by atoms with Gasteiger partial charge in [-0.3, -0.25) is 0 Å². The highest BCUT2D eigenvalue weighted by Gasteiger charge is 2.33. The quantitative estimate of drug-likeness (QED) is 0.711. The van der Waals surface area contributed by atoms with Crippen molar-refractivity contribution in [3.05, 3.63) is 28.8 Å². The molecule has 0 atom stereocenters. The molecule has 0 radical (unpaired) electrons. The average molecular weight is 326 g/mol. The predicted octanol–water partition coefficient (Wildman–Crippen LogP) is 4.56. The maximum atomic E-state index is 12.9. The Bertz CT molecular complexity index is 435. The van der Waals surface area contributed by atoms with Crippen LogP contribution >= 0.6 is 11.6 Å². The molecule has 0 amide bonds. The fourth-order valence-corrected chi connectivity index (χ4v) is 1.99. The van der Waals surface area contributed by atoms with Crippen LogP contribution in [0.2, 0.25) is 5.02 Å². The van der Waals surface area contributed by atoms with E-state index in [-0.39, 0.29) is 10.7 Å². The van der Waals surface area contributed by atoms with Crippen molar-refractivity contribution < 1.29 is 22.6 Å². The molecule has 0 spiro atoms. The van der Waals surface area contributed by atoms with Crippen LogP contribution in [0.4, 0.5) is 18.9 Å². The van der Waals surface area contributed by atoms with E-state index in [1.54, 1.807) is 0 Å². The number of hydrogen-bond donors (Lipinski definition) is 1. The normalized spacial score (nSPS) is 12.0. The van der Waals surface area contributed by atoms with E-state index in [1.807, 2.05) is 13.8 Å². The second-order valence-electron chi connectivity index (χ2n) is 4.24. The summed E-state index contributed by atoms with van der Waals surface area (Å²) in [6.45, 7) is 4.94. The summed E-state index contributed by atoms with van der Waals surface area (Å²) in [5.41, 5.74) is -0.780. The van der Waals surface area contributed by atoms with Crippen molar-refractivity contribution in [3.63, 3.8) is 0 Å². The summed E-state index contributed by atoms with van der Waals surface area (Å²) in [6.07, 6.45) is -4.43. The van der Waals surface area contributed by atoms with Gasteiger partial charge in [-0.05, 0) is 32.0 Å². The number of anilines is 1. The predicted molar refractivity (Wildman–Crippen MR) is 76.6 cm³/mol. The number of nitrogens with one attached hydrogen (secondary N) is 1. The minimum Gasteiger partial charge on any atom is -0.384 e. The summed E-state index contributed by atoms with van der Waals surface area (Å²) in [7, 11) is 0. The lowest BCUT2D eigenvalue weighted by Gasteiger charge is -2.19. The van der Waals surface area contributed by atoms with Crippen LogP contribution in [0.1, 0.15) is 25.8 Å². The molecule has 0 aromatic heterocycles. The van der Waals surface area contributed by atoms with Gasteiger partial charge < -0.3 is 14.8 Å². The number of halogens is 4. The largest absolute Gasteiger partial charge is 0.418 e. The maximum Gasteiger partial charge on any atom is 0.418 e. The molecule has 1 aromatic carbocycles. The van der Waals surface area contributed by atoms with Crippen LogP contribution in [0.3, 0.4) is 0 Å². The van der Waals surface area contributed by atoms with Gasteiger partial charge in [-0.1, -0.05) is 11.6 Å². The molecule has 0 aliphatic heterocycles. The first-order valence-corrected chi connectivity index (χ1v) is 7.10. The smallest absolute Gasteiger partial charge is 0.384 e. The number of ether oxygens (including phenoxy) is 2. The Morgan fingerprint density at radius 3 is 2.33 bits per heavy atom. The van der Waals surface area contributed by atoms with Crippen LogP contribution in [0.25, 0.3) is 0 Å². The first kappa shape index (κ1) is 18.1. The Kier molecular flexibility index (Phi) is 7.28. The van der Waals surface area contributed by atoms with Crippen LogP contribution in [0.5, 0.6) is 0 Å². The fraction of sp³-hybridized carbons (Fsp3) is 0.571. The van der Waals surface area contributed by atoms with Crippen LogP contribution in [0.15, 0.2) is 18.2 Å². The third-order valence-electron chi connectivity index (χ3n) is 2.69. The zero-order chi connectivity index (χ0) is 15.9. The van der Waals surface area contributed by atoms with Crippen LogP contribution in [-0.4, -0.2) is 26.0 Å². The van der Waals surface area contributed by atoms with E-state index in [2.05, 4.69) is 5.32 Å². The second-order valence-corrected chi connectivity index (χ2v) is 4.68. The molecule has 7 heteroatoms. The number of rotatable bonds is 8. The lowest BCUT2D eigenvalue weighted by atomic mass is 10.1. The van der Waals surface area contributed by atoms with Gasteiger partial charge in [0.1, 0.15) is 0 Å². The fourth-order valence-electron chi connectivity index (χ4n) is 1.82. The summed E-state index contributed by atoms with van der Waals surface area (Å²) in [5.74, 6) is 0. The Morgan fingerprint density at radius 2 is 1.81 bits per heavy atom. The Balaban J connectivity index is 2.66. The highest BCUT2D eigenvalue weighted by molar-refractivity contribution is 6.30. The molecule has 0 aliphatic rings. The monoisotopic (exact) mass is 325 g/mol. The van der Waals surface area contributed by atoms with Crippen molar-refractivity contribution in [3.8, 4) is 0 Å². The molecule has 1 aromatic rings. The molecule has 0 unspecified atom stereocenters. The van der Waals surface area contributed by atoms with Gasteiger partial charge >= 0.3 is 6.18 Å². The van der Waals surface area contributed by atoms with Crippen molar-refractivity contribution in [2.45, 2.75) is 32.7 Å². The third-order valence-corrected chi connectivity index (χ3v) is 2.92. The molecule has 1 rings (SSSR count). The van der Waals surface area contributed by atoms with E-state index in [0.29, 0.717) is 26.2 Å². The highest BCUT2D eigenvalue weighted by Crippen LogP contribution is 2.36. The number of hydrogen-bond acceptors (Lipinski definition) is 3. The van der Waals surface area contributed by atoms with Gasteiger partial charge in [0.2, 0.25) is 0 Å². The van der Waals surface area contributed by atoms with Crippen molar-refractivity contribution in [2.24, 2.45) is 0 Å². The van der Waals surface area contributed by atoms with Crippen molar-refractivity contribution >= 4 is 17.3 Å². The van der Waals surface area contributed by atoms with Gasteiger partial charge in [-0.15, -0.1) is 0 Å². The lowest BCUT2D eigenvalue weighted by molar-refractivity contribution is -0.137. The molecule has 0 fully saturated rings. The standard InChI is InChI=1S/C14H19ClF3NO2/c1-3-20-13(21-4-2)7-8-19-12-6-5-10(15)9-11(12)14(16,17)18/h5-6,9,13,19H,3-4,7-8H2,1-2H3. The first-order valence-electron chi connectivity index (χ1n) is 6.72. The van der Waals surface area contributed by atoms with Gasteiger partial charge in [-0.2, -0.15) is 13.2 Å². The minimum atomic E-state index is -4.45. The first-order chi connectivity index (χ1) is 9.88. The van der Waals surface area contributed by atoms with Crippen LogP contribution < -0.4 is 5.32 Å². The minimum absolute atomic E-state index is 0.00125. The average Bonchev–Trinajstić information content (AvgIpc) is 2.39. The third kappa shape index (κ3) is 6.11. The molecule has 0 aliphatic carbocycles. The van der Waals surface area contributed by atoms with Gasteiger partial charge in [0, 0.05) is 36.9 Å². The van der Waals surface area contributed by atoms with Crippen LogP contribution in [-0.2, 0) is 15.7 Å². The summed E-state index contributed by atoms with van der Waals surface area (Å²) < 4.78 is 49.4. The molecule has 3 nitrogen and oxygen atoms in total. The Hall–Kier alpha value is -0.980. The molecule has 120 valence electrons. The Labute approximate surface area is 127 Å². The van der Waals surface area contributed by atoms with Crippen LogP contribution in [0, 0.1) is 0 Å². The highest BCUT2D eigenvalue weighted by atomic mass is 35.5. The second kappa shape index (κ2) is 8.46. The van der Waals surface area contributed by atoms with Gasteiger partial charge in [-0.25, -0.2) is 0 Å². The van der Waals surface area contributed by atoms with Crippen molar-refractivity contribution in [1.82, 2.24) is 0 Å². The molecule has 0 bridgehead atoms. The maximum absolute atomic E-state index is 12.9. The summed E-state index contributed by atoms with van der Waals surface area (Å²) in [6, 6.07) is 3.65.